The molecule has 1 aliphatic carbocycles. The minimum Gasteiger partial charge on any atom is -0.368 e. The Balaban J connectivity index is 1.84. The second-order valence-corrected chi connectivity index (χ2v) is 6.70. The Morgan fingerprint density at radius 1 is 1.30 bits per heavy atom. The summed E-state index contributed by atoms with van der Waals surface area (Å²) in [5, 5.41) is 8.16. The zero-order valence-electron chi connectivity index (χ0n) is 12.8. The van der Waals surface area contributed by atoms with Crippen LogP contribution in [-0.4, -0.2) is 21.1 Å². The van der Waals surface area contributed by atoms with Gasteiger partial charge in [-0.25, -0.2) is 9.50 Å². The van der Waals surface area contributed by atoms with Gasteiger partial charge in [-0.15, -0.1) is 0 Å². The normalized spacial score (nSPS) is 17.1. The molecule has 0 saturated heterocycles. The predicted octanol–water partition coefficient (Wildman–Crippen LogP) is 3.70. The van der Waals surface area contributed by atoms with Crippen molar-refractivity contribution in [3.05, 3.63) is 24.2 Å². The standard InChI is InChI=1S/C16H24N4/c1-11(2)13-9-14-15(17-7-8-20(14)19-13)18-10-16(5-6-16)12(3)4/h7-9,11-12H,5-6,10H2,1-4H3,(H,17,18). The van der Waals surface area contributed by atoms with Crippen LogP contribution in [0.15, 0.2) is 18.5 Å². The van der Waals surface area contributed by atoms with Gasteiger partial charge in [-0.05, 0) is 36.2 Å². The molecule has 0 radical (unpaired) electrons. The van der Waals surface area contributed by atoms with Crippen molar-refractivity contribution in [3.63, 3.8) is 0 Å². The molecule has 0 aliphatic heterocycles. The first-order valence-electron chi connectivity index (χ1n) is 7.60. The topological polar surface area (TPSA) is 42.2 Å². The molecule has 3 rings (SSSR count). The van der Waals surface area contributed by atoms with E-state index in [2.05, 4.69) is 49.2 Å². The molecule has 4 nitrogen and oxygen atoms in total. The molecular weight excluding hydrogens is 248 g/mol. The number of hydrogen-bond donors (Lipinski definition) is 1. The van der Waals surface area contributed by atoms with Gasteiger partial charge in [-0.3, -0.25) is 0 Å². The highest BCUT2D eigenvalue weighted by Gasteiger charge is 2.45. The molecule has 2 aromatic rings. The first kappa shape index (κ1) is 13.4. The van der Waals surface area contributed by atoms with Gasteiger partial charge in [0.2, 0.25) is 0 Å². The summed E-state index contributed by atoms with van der Waals surface area (Å²) in [6.45, 7) is 9.98. The van der Waals surface area contributed by atoms with E-state index >= 15 is 0 Å². The van der Waals surface area contributed by atoms with Crippen LogP contribution in [0.2, 0.25) is 0 Å². The van der Waals surface area contributed by atoms with Gasteiger partial charge in [0.05, 0.1) is 5.69 Å². The maximum Gasteiger partial charge on any atom is 0.152 e. The van der Waals surface area contributed by atoms with Crippen LogP contribution < -0.4 is 5.32 Å². The van der Waals surface area contributed by atoms with Crippen LogP contribution in [0.3, 0.4) is 0 Å². The average Bonchev–Trinajstić information content (AvgIpc) is 3.07. The summed E-state index contributed by atoms with van der Waals surface area (Å²) in [4.78, 5) is 4.50. The Bertz CT molecular complexity index is 608. The van der Waals surface area contributed by atoms with Crippen molar-refractivity contribution in [1.29, 1.82) is 0 Å². The molecule has 1 fully saturated rings. The SMILES string of the molecule is CC(C)c1cc2c(NCC3(C(C)C)CC3)nccn2n1. The van der Waals surface area contributed by atoms with Crippen molar-refractivity contribution in [3.8, 4) is 0 Å². The molecule has 0 aromatic carbocycles. The first-order chi connectivity index (χ1) is 9.52. The lowest BCUT2D eigenvalue weighted by molar-refractivity contribution is 0.380. The summed E-state index contributed by atoms with van der Waals surface area (Å²) in [7, 11) is 0. The van der Waals surface area contributed by atoms with Crippen molar-refractivity contribution < 1.29 is 0 Å². The monoisotopic (exact) mass is 272 g/mol. The zero-order chi connectivity index (χ0) is 14.3. The highest BCUT2D eigenvalue weighted by molar-refractivity contribution is 5.68. The van der Waals surface area contributed by atoms with E-state index < -0.39 is 0 Å². The van der Waals surface area contributed by atoms with Crippen LogP contribution in [0.5, 0.6) is 0 Å². The molecular formula is C16H24N4. The van der Waals surface area contributed by atoms with E-state index in [1.807, 2.05) is 16.9 Å². The van der Waals surface area contributed by atoms with E-state index in [1.165, 1.54) is 12.8 Å². The minimum absolute atomic E-state index is 0.438. The molecule has 108 valence electrons. The summed E-state index contributed by atoms with van der Waals surface area (Å²) in [5.74, 6) is 2.12. The van der Waals surface area contributed by atoms with Crippen LogP contribution in [0.4, 0.5) is 5.82 Å². The molecule has 0 unspecified atom stereocenters. The molecule has 0 spiro atoms. The lowest BCUT2D eigenvalue weighted by Crippen LogP contribution is -2.21. The number of nitrogens with one attached hydrogen (secondary N) is 1. The van der Waals surface area contributed by atoms with E-state index in [9.17, 15) is 0 Å². The lowest BCUT2D eigenvalue weighted by Gasteiger charge is -2.20. The second kappa shape index (κ2) is 4.76. The van der Waals surface area contributed by atoms with Crippen LogP contribution in [0, 0.1) is 11.3 Å². The number of anilines is 1. The van der Waals surface area contributed by atoms with Crippen molar-refractivity contribution in [2.75, 3.05) is 11.9 Å². The smallest absolute Gasteiger partial charge is 0.152 e. The zero-order valence-corrected chi connectivity index (χ0v) is 12.8. The molecule has 2 heterocycles. The van der Waals surface area contributed by atoms with Crippen molar-refractivity contribution in [2.45, 2.75) is 46.5 Å². The van der Waals surface area contributed by atoms with Crippen molar-refractivity contribution in [1.82, 2.24) is 14.6 Å². The Kier molecular flexibility index (Phi) is 3.19. The first-order valence-corrected chi connectivity index (χ1v) is 7.60. The molecule has 0 bridgehead atoms. The largest absolute Gasteiger partial charge is 0.368 e. The number of hydrogen-bond acceptors (Lipinski definition) is 3. The van der Waals surface area contributed by atoms with Gasteiger partial charge in [0, 0.05) is 18.9 Å². The maximum atomic E-state index is 4.60. The highest BCUT2D eigenvalue weighted by Crippen LogP contribution is 2.51. The molecule has 1 aliphatic rings. The molecule has 0 atom stereocenters. The predicted molar refractivity (Wildman–Crippen MR) is 82.1 cm³/mol. The van der Waals surface area contributed by atoms with Crippen LogP contribution in [0.25, 0.3) is 5.52 Å². The Morgan fingerprint density at radius 3 is 2.65 bits per heavy atom. The minimum atomic E-state index is 0.438. The third kappa shape index (κ3) is 2.28. The second-order valence-electron chi connectivity index (χ2n) is 6.70. The highest BCUT2D eigenvalue weighted by atomic mass is 15.2. The van der Waals surface area contributed by atoms with E-state index in [0.717, 1.165) is 29.5 Å². The molecule has 4 heteroatoms. The number of nitrogens with zero attached hydrogens (tertiary/aromatic N) is 3. The lowest BCUT2D eigenvalue weighted by atomic mass is 9.92. The number of rotatable bonds is 5. The quantitative estimate of drug-likeness (QED) is 0.902. The maximum absolute atomic E-state index is 4.60. The van der Waals surface area contributed by atoms with Gasteiger partial charge in [0.25, 0.3) is 0 Å². The summed E-state index contributed by atoms with van der Waals surface area (Å²) in [6.07, 6.45) is 6.40. The third-order valence-electron chi connectivity index (χ3n) is 4.73. The molecule has 20 heavy (non-hydrogen) atoms. The van der Waals surface area contributed by atoms with Crippen molar-refractivity contribution in [2.24, 2.45) is 11.3 Å². The van der Waals surface area contributed by atoms with Crippen LogP contribution >= 0.6 is 0 Å². The van der Waals surface area contributed by atoms with E-state index in [0.29, 0.717) is 11.3 Å². The fraction of sp³-hybridized carbons (Fsp3) is 0.625. The van der Waals surface area contributed by atoms with Gasteiger partial charge in [-0.2, -0.15) is 5.10 Å². The molecule has 1 saturated carbocycles. The summed E-state index contributed by atoms with van der Waals surface area (Å²) in [6, 6.07) is 2.15. The fourth-order valence-electron chi connectivity index (χ4n) is 2.74. The number of fused-ring (bicyclic) bond motifs is 1. The Morgan fingerprint density at radius 2 is 2.05 bits per heavy atom. The summed E-state index contributed by atoms with van der Waals surface area (Å²) in [5.41, 5.74) is 2.68. The Hall–Kier alpha value is -1.58. The third-order valence-corrected chi connectivity index (χ3v) is 4.73. The van der Waals surface area contributed by atoms with E-state index in [-0.39, 0.29) is 0 Å². The van der Waals surface area contributed by atoms with Gasteiger partial charge in [0.15, 0.2) is 5.82 Å². The van der Waals surface area contributed by atoms with E-state index in [1.54, 1.807) is 0 Å². The van der Waals surface area contributed by atoms with E-state index in [4.69, 9.17) is 0 Å². The van der Waals surface area contributed by atoms with Crippen LogP contribution in [-0.2, 0) is 0 Å². The van der Waals surface area contributed by atoms with Crippen molar-refractivity contribution >= 4 is 11.3 Å². The van der Waals surface area contributed by atoms with Gasteiger partial charge < -0.3 is 5.32 Å². The van der Waals surface area contributed by atoms with Crippen LogP contribution in [0.1, 0.15) is 52.1 Å². The number of aromatic nitrogens is 3. The van der Waals surface area contributed by atoms with Gasteiger partial charge in [-0.1, -0.05) is 27.7 Å². The summed E-state index contributed by atoms with van der Waals surface area (Å²) < 4.78 is 1.93. The van der Waals surface area contributed by atoms with Gasteiger partial charge >= 0.3 is 0 Å². The molecule has 0 amide bonds. The summed E-state index contributed by atoms with van der Waals surface area (Å²) >= 11 is 0. The Labute approximate surface area is 120 Å². The average molecular weight is 272 g/mol. The molecule has 2 aromatic heterocycles. The molecule has 1 N–H and O–H groups in total. The van der Waals surface area contributed by atoms with Gasteiger partial charge in [0.1, 0.15) is 5.52 Å². The fourth-order valence-corrected chi connectivity index (χ4v) is 2.74.